The summed E-state index contributed by atoms with van der Waals surface area (Å²) < 4.78 is 0. The van der Waals surface area contributed by atoms with E-state index >= 15 is 0 Å². The number of anilines is 1. The van der Waals surface area contributed by atoms with Gasteiger partial charge < -0.3 is 9.80 Å². The molecule has 0 atom stereocenters. The number of nitrogens with zero attached hydrogens (tertiary/aromatic N) is 2. The average molecular weight is 294 g/mol. The minimum atomic E-state index is 0.296. The van der Waals surface area contributed by atoms with Crippen LogP contribution in [0.15, 0.2) is 54.6 Å². The van der Waals surface area contributed by atoms with Gasteiger partial charge in [0.2, 0.25) is 5.91 Å². The van der Waals surface area contributed by atoms with E-state index in [1.165, 1.54) is 16.8 Å². The molecule has 2 aromatic carbocycles. The van der Waals surface area contributed by atoms with Crippen LogP contribution in [0.1, 0.15) is 12.8 Å². The topological polar surface area (TPSA) is 23.6 Å². The molecule has 0 radical (unpaired) electrons. The maximum absolute atomic E-state index is 11.7. The first-order valence-corrected chi connectivity index (χ1v) is 7.89. The zero-order valence-corrected chi connectivity index (χ0v) is 13.0. The van der Waals surface area contributed by atoms with Crippen molar-refractivity contribution in [2.24, 2.45) is 0 Å². The molecule has 1 aliphatic rings. The van der Waals surface area contributed by atoms with E-state index in [1.54, 1.807) is 0 Å². The molecule has 3 rings (SSSR count). The first-order chi connectivity index (χ1) is 10.8. The monoisotopic (exact) mass is 294 g/mol. The van der Waals surface area contributed by atoms with Crippen LogP contribution in [0, 0.1) is 0 Å². The summed E-state index contributed by atoms with van der Waals surface area (Å²) in [5.41, 5.74) is 3.67. The fraction of sp³-hybridized carbons (Fsp3) is 0.316. The molecule has 3 nitrogen and oxygen atoms in total. The van der Waals surface area contributed by atoms with Crippen LogP contribution in [0.5, 0.6) is 0 Å². The second kappa shape index (κ2) is 6.65. The van der Waals surface area contributed by atoms with Gasteiger partial charge in [0, 0.05) is 44.4 Å². The summed E-state index contributed by atoms with van der Waals surface area (Å²) in [6, 6.07) is 18.9. The number of hydrogen-bond acceptors (Lipinski definition) is 2. The van der Waals surface area contributed by atoms with E-state index in [0.29, 0.717) is 12.3 Å². The van der Waals surface area contributed by atoms with Crippen LogP contribution in [-0.2, 0) is 4.79 Å². The number of carbonyl (C=O) groups is 1. The average Bonchev–Trinajstić information content (AvgIpc) is 2.98. The zero-order valence-electron chi connectivity index (χ0n) is 13.0. The van der Waals surface area contributed by atoms with E-state index in [9.17, 15) is 4.79 Å². The highest BCUT2D eigenvalue weighted by atomic mass is 16.2. The summed E-state index contributed by atoms with van der Waals surface area (Å²) >= 11 is 0. The number of rotatable bonds is 5. The van der Waals surface area contributed by atoms with E-state index in [1.807, 2.05) is 11.0 Å². The molecule has 1 heterocycles. The maximum Gasteiger partial charge on any atom is 0.222 e. The first-order valence-electron chi connectivity index (χ1n) is 7.89. The van der Waals surface area contributed by atoms with E-state index in [2.05, 4.69) is 60.5 Å². The van der Waals surface area contributed by atoms with Crippen molar-refractivity contribution in [3.05, 3.63) is 54.6 Å². The largest absolute Gasteiger partial charge is 0.372 e. The number of hydrogen-bond donors (Lipinski definition) is 0. The van der Waals surface area contributed by atoms with Crippen LogP contribution in [0.3, 0.4) is 0 Å². The lowest BCUT2D eigenvalue weighted by molar-refractivity contribution is -0.127. The van der Waals surface area contributed by atoms with Crippen molar-refractivity contribution in [3.8, 4) is 11.1 Å². The third kappa shape index (κ3) is 3.14. The van der Waals surface area contributed by atoms with Gasteiger partial charge in [0.05, 0.1) is 0 Å². The Morgan fingerprint density at radius 3 is 2.50 bits per heavy atom. The minimum absolute atomic E-state index is 0.296. The first kappa shape index (κ1) is 14.6. The Morgan fingerprint density at radius 2 is 1.77 bits per heavy atom. The van der Waals surface area contributed by atoms with Gasteiger partial charge in [0.1, 0.15) is 0 Å². The molecule has 0 aromatic heterocycles. The van der Waals surface area contributed by atoms with Crippen molar-refractivity contribution in [1.82, 2.24) is 4.90 Å². The van der Waals surface area contributed by atoms with E-state index < -0.39 is 0 Å². The highest BCUT2D eigenvalue weighted by Gasteiger charge is 2.20. The molecule has 1 aliphatic heterocycles. The van der Waals surface area contributed by atoms with Gasteiger partial charge in [-0.15, -0.1) is 0 Å². The van der Waals surface area contributed by atoms with E-state index in [-0.39, 0.29) is 0 Å². The van der Waals surface area contributed by atoms with Crippen LogP contribution in [0.25, 0.3) is 11.1 Å². The number of para-hydroxylation sites is 1. The van der Waals surface area contributed by atoms with Crippen molar-refractivity contribution in [2.75, 3.05) is 31.6 Å². The van der Waals surface area contributed by atoms with Gasteiger partial charge >= 0.3 is 0 Å². The molecule has 0 N–H and O–H groups in total. The molecular weight excluding hydrogens is 272 g/mol. The van der Waals surface area contributed by atoms with Crippen LogP contribution >= 0.6 is 0 Å². The lowest BCUT2D eigenvalue weighted by Crippen LogP contribution is -2.34. The van der Waals surface area contributed by atoms with Crippen molar-refractivity contribution in [2.45, 2.75) is 12.8 Å². The summed E-state index contributed by atoms with van der Waals surface area (Å²) in [5.74, 6) is 0.296. The smallest absolute Gasteiger partial charge is 0.222 e. The van der Waals surface area contributed by atoms with Crippen molar-refractivity contribution >= 4 is 11.6 Å². The molecule has 1 amide bonds. The summed E-state index contributed by atoms with van der Waals surface area (Å²) in [6.07, 6.45) is 1.72. The molecule has 3 heteroatoms. The number of amides is 1. The highest BCUT2D eigenvalue weighted by molar-refractivity contribution is 5.79. The molecule has 1 fully saturated rings. The quantitative estimate of drug-likeness (QED) is 0.843. The molecule has 0 spiro atoms. The van der Waals surface area contributed by atoms with Crippen LogP contribution in [-0.4, -0.2) is 37.5 Å². The minimum Gasteiger partial charge on any atom is -0.372 e. The van der Waals surface area contributed by atoms with Crippen LogP contribution in [0.4, 0.5) is 5.69 Å². The normalized spacial score (nSPS) is 14.4. The Hall–Kier alpha value is -2.29. The molecule has 0 bridgehead atoms. The predicted octanol–water partition coefficient (Wildman–Crippen LogP) is 3.41. The fourth-order valence-electron chi connectivity index (χ4n) is 3.00. The molecule has 1 saturated heterocycles. The van der Waals surface area contributed by atoms with Crippen molar-refractivity contribution < 1.29 is 4.79 Å². The van der Waals surface area contributed by atoms with E-state index in [4.69, 9.17) is 0 Å². The van der Waals surface area contributed by atoms with Gasteiger partial charge in [-0.25, -0.2) is 0 Å². The molecule has 2 aromatic rings. The van der Waals surface area contributed by atoms with Gasteiger partial charge in [-0.05, 0) is 18.1 Å². The Morgan fingerprint density at radius 1 is 1.05 bits per heavy atom. The molecule has 114 valence electrons. The number of likely N-dealkylation sites (N-methyl/N-ethyl adjacent to an activating group) is 1. The fourth-order valence-corrected chi connectivity index (χ4v) is 3.00. The van der Waals surface area contributed by atoms with Gasteiger partial charge in [-0.1, -0.05) is 48.5 Å². The van der Waals surface area contributed by atoms with Gasteiger partial charge in [-0.3, -0.25) is 4.79 Å². The van der Waals surface area contributed by atoms with Crippen molar-refractivity contribution in [3.63, 3.8) is 0 Å². The summed E-state index contributed by atoms with van der Waals surface area (Å²) in [5, 5.41) is 0. The number of carbonyl (C=O) groups excluding carboxylic acids is 1. The zero-order chi connectivity index (χ0) is 15.4. The maximum atomic E-state index is 11.7. The van der Waals surface area contributed by atoms with Gasteiger partial charge in [0.25, 0.3) is 0 Å². The summed E-state index contributed by atoms with van der Waals surface area (Å²) in [7, 11) is 2.10. The predicted molar refractivity (Wildman–Crippen MR) is 91.0 cm³/mol. The highest BCUT2D eigenvalue weighted by Crippen LogP contribution is 2.29. The Kier molecular flexibility index (Phi) is 4.42. The molecule has 22 heavy (non-hydrogen) atoms. The number of likely N-dealkylation sites (tertiary alicyclic amines) is 1. The third-order valence-corrected chi connectivity index (χ3v) is 4.28. The summed E-state index contributed by atoms with van der Waals surface area (Å²) in [6.45, 7) is 2.57. The second-order valence-corrected chi connectivity index (χ2v) is 5.79. The lowest BCUT2D eigenvalue weighted by Gasteiger charge is -2.25. The standard InChI is InChI=1S/C19H22N2O/c1-20(14-15-21-13-7-12-19(21)22)18-11-6-5-10-17(18)16-8-3-2-4-9-16/h2-6,8-11H,7,12-15H2,1H3. The summed E-state index contributed by atoms with van der Waals surface area (Å²) in [4.78, 5) is 15.9. The van der Waals surface area contributed by atoms with Gasteiger partial charge in [-0.2, -0.15) is 0 Å². The Labute approximate surface area is 132 Å². The number of benzene rings is 2. The molecular formula is C19H22N2O. The molecule has 0 aliphatic carbocycles. The van der Waals surface area contributed by atoms with Crippen molar-refractivity contribution in [1.29, 1.82) is 0 Å². The Bertz CT molecular complexity index is 639. The van der Waals surface area contributed by atoms with Crippen LogP contribution < -0.4 is 4.90 Å². The SMILES string of the molecule is CN(CCN1CCCC1=O)c1ccccc1-c1ccccc1. The van der Waals surface area contributed by atoms with E-state index in [0.717, 1.165) is 26.1 Å². The van der Waals surface area contributed by atoms with Crippen LogP contribution in [0.2, 0.25) is 0 Å². The molecule has 0 saturated carbocycles. The Balaban J connectivity index is 1.75. The second-order valence-electron chi connectivity index (χ2n) is 5.79. The lowest BCUT2D eigenvalue weighted by atomic mass is 10.0. The third-order valence-electron chi connectivity index (χ3n) is 4.28. The molecule has 0 unspecified atom stereocenters. The van der Waals surface area contributed by atoms with Gasteiger partial charge in [0.15, 0.2) is 0 Å².